The number of benzene rings is 2. The molecule has 2 aromatic carbocycles. The van der Waals surface area contributed by atoms with Gasteiger partial charge in [0, 0.05) is 18.0 Å². The average molecular weight is 287 g/mol. The second-order valence-electron chi connectivity index (χ2n) is 4.53. The van der Waals surface area contributed by atoms with Crippen LogP contribution in [0.15, 0.2) is 53.4 Å². The van der Waals surface area contributed by atoms with E-state index in [1.54, 1.807) is 11.8 Å². The van der Waals surface area contributed by atoms with Gasteiger partial charge in [-0.1, -0.05) is 24.3 Å². The largest absolute Gasteiger partial charge is 0.494 e. The van der Waals surface area contributed by atoms with Crippen molar-refractivity contribution < 1.29 is 4.74 Å². The third kappa shape index (κ3) is 4.58. The Hall–Kier alpha value is -1.45. The lowest BCUT2D eigenvalue weighted by molar-refractivity contribution is 0.340. The monoisotopic (exact) mass is 287 g/mol. The third-order valence-corrected chi connectivity index (χ3v) is 3.77. The summed E-state index contributed by atoms with van der Waals surface area (Å²) in [7, 11) is 0. The number of nitrogens with one attached hydrogen (secondary N) is 1. The second-order valence-corrected chi connectivity index (χ2v) is 5.41. The van der Waals surface area contributed by atoms with Crippen molar-refractivity contribution in [3.8, 4) is 5.75 Å². The van der Waals surface area contributed by atoms with Crippen LogP contribution in [0.4, 0.5) is 0 Å². The van der Waals surface area contributed by atoms with E-state index in [2.05, 4.69) is 48.0 Å². The van der Waals surface area contributed by atoms with Crippen molar-refractivity contribution >= 4 is 11.8 Å². The van der Waals surface area contributed by atoms with Crippen LogP contribution in [0.2, 0.25) is 0 Å². The van der Waals surface area contributed by atoms with E-state index in [1.165, 1.54) is 16.0 Å². The molecule has 0 aliphatic carbocycles. The molecule has 2 aromatic rings. The molecule has 0 bridgehead atoms. The predicted octanol–water partition coefficient (Wildman–Crippen LogP) is 4.10. The maximum atomic E-state index is 5.51. The smallest absolute Gasteiger partial charge is 0.119 e. The number of ether oxygens (including phenoxy) is 1. The first-order valence-corrected chi connectivity index (χ1v) is 8.09. The van der Waals surface area contributed by atoms with Crippen LogP contribution < -0.4 is 10.1 Å². The van der Waals surface area contributed by atoms with E-state index in [0.717, 1.165) is 18.8 Å². The Labute approximate surface area is 125 Å². The number of hydrogen-bond acceptors (Lipinski definition) is 3. The topological polar surface area (TPSA) is 21.3 Å². The van der Waals surface area contributed by atoms with E-state index in [1.807, 2.05) is 19.1 Å². The van der Waals surface area contributed by atoms with Crippen LogP contribution in [0.25, 0.3) is 0 Å². The van der Waals surface area contributed by atoms with Crippen molar-refractivity contribution in [2.45, 2.75) is 24.9 Å². The summed E-state index contributed by atoms with van der Waals surface area (Å²) in [5.41, 5.74) is 2.56. The number of thioether (sulfide) groups is 1. The van der Waals surface area contributed by atoms with Crippen LogP contribution in [0.3, 0.4) is 0 Å². The van der Waals surface area contributed by atoms with E-state index in [-0.39, 0.29) is 0 Å². The van der Waals surface area contributed by atoms with Crippen molar-refractivity contribution in [3.63, 3.8) is 0 Å². The molecule has 0 amide bonds. The van der Waals surface area contributed by atoms with E-state index in [9.17, 15) is 0 Å². The van der Waals surface area contributed by atoms with Crippen molar-refractivity contribution in [1.29, 1.82) is 0 Å². The summed E-state index contributed by atoms with van der Waals surface area (Å²) in [6.07, 6.45) is 2.10. The first kappa shape index (κ1) is 14.9. The van der Waals surface area contributed by atoms with Crippen molar-refractivity contribution in [2.24, 2.45) is 0 Å². The molecule has 0 radical (unpaired) electrons. The van der Waals surface area contributed by atoms with Gasteiger partial charge in [0.1, 0.15) is 5.75 Å². The summed E-state index contributed by atoms with van der Waals surface area (Å²) in [4.78, 5) is 1.30. The summed E-state index contributed by atoms with van der Waals surface area (Å²) in [5, 5.41) is 3.46. The Morgan fingerprint density at radius 1 is 1.00 bits per heavy atom. The summed E-state index contributed by atoms with van der Waals surface area (Å²) in [6, 6.07) is 16.9. The third-order valence-electron chi connectivity index (χ3n) is 3.03. The maximum Gasteiger partial charge on any atom is 0.119 e. The van der Waals surface area contributed by atoms with Crippen LogP contribution in [-0.2, 0) is 13.1 Å². The molecule has 2 rings (SSSR count). The van der Waals surface area contributed by atoms with Gasteiger partial charge in [0.05, 0.1) is 6.61 Å². The molecule has 106 valence electrons. The molecule has 0 saturated heterocycles. The Bertz CT molecular complexity index is 525. The molecule has 0 atom stereocenters. The molecule has 3 heteroatoms. The lowest BCUT2D eigenvalue weighted by Crippen LogP contribution is -2.12. The normalized spacial score (nSPS) is 10.5. The van der Waals surface area contributed by atoms with Gasteiger partial charge in [0.25, 0.3) is 0 Å². The molecule has 0 heterocycles. The summed E-state index contributed by atoms with van der Waals surface area (Å²) in [5.74, 6) is 0.941. The molecular formula is C17H21NOS. The standard InChI is InChI=1S/C17H21NOS/c1-3-19-16-6-4-5-15(11-16)13-18-12-14-7-9-17(20-2)10-8-14/h4-11,18H,3,12-13H2,1-2H3. The maximum absolute atomic E-state index is 5.51. The Morgan fingerprint density at radius 2 is 1.75 bits per heavy atom. The molecule has 1 N–H and O–H groups in total. The lowest BCUT2D eigenvalue weighted by atomic mass is 10.2. The zero-order valence-electron chi connectivity index (χ0n) is 12.1. The van der Waals surface area contributed by atoms with Gasteiger partial charge in [-0.2, -0.15) is 0 Å². The highest BCUT2D eigenvalue weighted by Gasteiger charge is 1.97. The van der Waals surface area contributed by atoms with E-state index in [4.69, 9.17) is 4.74 Å². The summed E-state index contributed by atoms with van der Waals surface area (Å²) >= 11 is 1.77. The van der Waals surface area contributed by atoms with Gasteiger partial charge >= 0.3 is 0 Å². The summed E-state index contributed by atoms with van der Waals surface area (Å²) in [6.45, 7) is 4.44. The number of hydrogen-bond donors (Lipinski definition) is 1. The Morgan fingerprint density at radius 3 is 2.45 bits per heavy atom. The highest BCUT2D eigenvalue weighted by atomic mass is 32.2. The molecule has 0 saturated carbocycles. The molecule has 0 fully saturated rings. The van der Waals surface area contributed by atoms with Crippen LogP contribution in [0.5, 0.6) is 5.75 Å². The molecule has 0 spiro atoms. The van der Waals surface area contributed by atoms with Gasteiger partial charge in [0.15, 0.2) is 0 Å². The minimum absolute atomic E-state index is 0.707. The summed E-state index contributed by atoms with van der Waals surface area (Å²) < 4.78 is 5.51. The molecular weight excluding hydrogens is 266 g/mol. The highest BCUT2D eigenvalue weighted by molar-refractivity contribution is 7.98. The Kier molecular flexibility index (Phi) is 5.96. The fourth-order valence-corrected chi connectivity index (χ4v) is 2.41. The van der Waals surface area contributed by atoms with Crippen LogP contribution in [0, 0.1) is 0 Å². The van der Waals surface area contributed by atoms with Crippen molar-refractivity contribution in [2.75, 3.05) is 12.9 Å². The molecule has 0 aliphatic rings. The fourth-order valence-electron chi connectivity index (χ4n) is 2.01. The molecule has 0 aromatic heterocycles. The Balaban J connectivity index is 1.84. The van der Waals surface area contributed by atoms with Gasteiger partial charge in [-0.25, -0.2) is 0 Å². The van der Waals surface area contributed by atoms with Crippen LogP contribution in [-0.4, -0.2) is 12.9 Å². The number of rotatable bonds is 7. The van der Waals surface area contributed by atoms with Crippen LogP contribution in [0.1, 0.15) is 18.1 Å². The van der Waals surface area contributed by atoms with E-state index in [0.29, 0.717) is 6.61 Å². The van der Waals surface area contributed by atoms with Crippen LogP contribution >= 0.6 is 11.8 Å². The first-order chi connectivity index (χ1) is 9.81. The van der Waals surface area contributed by atoms with Crippen molar-refractivity contribution in [3.05, 3.63) is 59.7 Å². The quantitative estimate of drug-likeness (QED) is 0.775. The molecule has 0 unspecified atom stereocenters. The van der Waals surface area contributed by atoms with E-state index >= 15 is 0 Å². The van der Waals surface area contributed by atoms with Gasteiger partial charge in [0.2, 0.25) is 0 Å². The molecule has 2 nitrogen and oxygen atoms in total. The van der Waals surface area contributed by atoms with Gasteiger partial charge in [-0.15, -0.1) is 11.8 Å². The lowest BCUT2D eigenvalue weighted by Gasteiger charge is -2.08. The van der Waals surface area contributed by atoms with Gasteiger partial charge in [-0.3, -0.25) is 0 Å². The minimum atomic E-state index is 0.707. The predicted molar refractivity (Wildman–Crippen MR) is 86.4 cm³/mol. The first-order valence-electron chi connectivity index (χ1n) is 6.87. The SMILES string of the molecule is CCOc1cccc(CNCc2ccc(SC)cc2)c1. The molecule has 0 aliphatic heterocycles. The zero-order valence-corrected chi connectivity index (χ0v) is 12.9. The highest BCUT2D eigenvalue weighted by Crippen LogP contribution is 2.15. The fraction of sp³-hybridized carbons (Fsp3) is 0.294. The van der Waals surface area contributed by atoms with Gasteiger partial charge in [-0.05, 0) is 48.6 Å². The van der Waals surface area contributed by atoms with Gasteiger partial charge < -0.3 is 10.1 Å². The minimum Gasteiger partial charge on any atom is -0.494 e. The van der Waals surface area contributed by atoms with E-state index < -0.39 is 0 Å². The zero-order chi connectivity index (χ0) is 14.2. The average Bonchev–Trinajstić information content (AvgIpc) is 2.49. The van der Waals surface area contributed by atoms with Crippen molar-refractivity contribution in [1.82, 2.24) is 5.32 Å². The molecule has 20 heavy (non-hydrogen) atoms. The second kappa shape index (κ2) is 7.98.